The van der Waals surface area contributed by atoms with E-state index in [-0.39, 0.29) is 0 Å². The summed E-state index contributed by atoms with van der Waals surface area (Å²) in [5.74, 6) is 0. The minimum Gasteiger partial charge on any atom is -0.343 e. The Kier molecular flexibility index (Phi) is 3.80. The van der Waals surface area contributed by atoms with Gasteiger partial charge in [0, 0.05) is 32.3 Å². The van der Waals surface area contributed by atoms with Gasteiger partial charge in [-0.3, -0.25) is 0 Å². The predicted molar refractivity (Wildman–Crippen MR) is 126 cm³/mol. The van der Waals surface area contributed by atoms with E-state index < -0.39 is 0 Å². The van der Waals surface area contributed by atoms with Crippen LogP contribution in [0.15, 0.2) is 66.7 Å². The Morgan fingerprint density at radius 3 is 2.15 bits per heavy atom. The van der Waals surface area contributed by atoms with Crippen LogP contribution in [0.3, 0.4) is 0 Å². The van der Waals surface area contributed by atoms with Gasteiger partial charge in [0.1, 0.15) is 0 Å². The van der Waals surface area contributed by atoms with E-state index in [2.05, 4.69) is 115 Å². The minimum atomic E-state index is 1.28. The van der Waals surface area contributed by atoms with Crippen molar-refractivity contribution < 1.29 is 0 Å². The minimum absolute atomic E-state index is 1.28. The van der Waals surface area contributed by atoms with E-state index >= 15 is 0 Å². The number of hydrogen-bond acceptors (Lipinski definition) is 0. The molecule has 0 saturated heterocycles. The van der Waals surface area contributed by atoms with Crippen molar-refractivity contribution in [2.75, 3.05) is 0 Å². The van der Waals surface area contributed by atoms with Crippen molar-refractivity contribution in [3.63, 3.8) is 0 Å². The summed E-state index contributed by atoms with van der Waals surface area (Å²) < 4.78 is 3.72. The first-order valence-corrected chi connectivity index (χ1v) is 10.3. The van der Waals surface area contributed by atoms with Crippen LogP contribution in [0.25, 0.3) is 43.7 Å². The molecule has 1 aromatic heterocycles. The van der Waals surface area contributed by atoms with Gasteiger partial charge in [0.15, 0.2) is 0 Å². The van der Waals surface area contributed by atoms with Crippen molar-refractivity contribution in [1.29, 1.82) is 0 Å². The number of fused-ring (bicyclic) bond motifs is 5. The molecule has 1 heterocycles. The van der Waals surface area contributed by atoms with Crippen LogP contribution in [0, 0.1) is 17.4 Å². The smallest absolute Gasteiger partial charge is 0.0575 e. The quantitative estimate of drug-likeness (QED) is 0.230. The van der Waals surface area contributed by atoms with Gasteiger partial charge in [0.2, 0.25) is 0 Å². The van der Waals surface area contributed by atoms with Gasteiger partial charge in [0.05, 0.1) is 11.0 Å². The molecule has 0 spiro atoms. The van der Waals surface area contributed by atoms with E-state index in [0.717, 1.165) is 0 Å². The number of halogens is 1. The highest BCUT2D eigenvalue weighted by atomic mass is 127. The number of aromatic nitrogens is 1. The maximum absolute atomic E-state index is 2.54. The van der Waals surface area contributed by atoms with Crippen LogP contribution in [-0.2, 0) is 7.05 Å². The molecule has 0 bridgehead atoms. The largest absolute Gasteiger partial charge is 0.343 e. The maximum atomic E-state index is 2.54. The number of benzene rings is 4. The lowest BCUT2D eigenvalue weighted by atomic mass is 9.94. The van der Waals surface area contributed by atoms with E-state index in [9.17, 15) is 0 Å². The van der Waals surface area contributed by atoms with E-state index in [1.807, 2.05) is 0 Å². The lowest BCUT2D eigenvalue weighted by molar-refractivity contribution is 1.01. The number of hydrogen-bond donors (Lipinski definition) is 0. The molecule has 0 atom stereocenters. The fourth-order valence-electron chi connectivity index (χ4n) is 4.57. The molecule has 4 aromatic carbocycles. The summed E-state index contributed by atoms with van der Waals surface area (Å²) in [6.07, 6.45) is 0. The molecule has 0 saturated carbocycles. The van der Waals surface area contributed by atoms with Crippen molar-refractivity contribution in [3.8, 4) is 11.1 Å². The Morgan fingerprint density at radius 1 is 0.741 bits per heavy atom. The monoisotopic (exact) mass is 461 g/mol. The van der Waals surface area contributed by atoms with Gasteiger partial charge in [-0.1, -0.05) is 66.2 Å². The van der Waals surface area contributed by atoms with Crippen LogP contribution in [0.1, 0.15) is 11.1 Å². The predicted octanol–water partition coefficient (Wildman–Crippen LogP) is 7.37. The summed E-state index contributed by atoms with van der Waals surface area (Å²) >= 11 is 2.54. The van der Waals surface area contributed by atoms with Crippen LogP contribution in [-0.4, -0.2) is 4.57 Å². The molecule has 1 nitrogen and oxygen atoms in total. The highest BCUT2D eigenvalue weighted by Gasteiger charge is 2.21. The molecular weight excluding hydrogens is 441 g/mol. The second-order valence-electron chi connectivity index (χ2n) is 7.36. The number of aryl methyl sites for hydroxylation is 3. The molecule has 2 heteroatoms. The van der Waals surface area contributed by atoms with Crippen LogP contribution in [0.4, 0.5) is 0 Å². The highest BCUT2D eigenvalue weighted by molar-refractivity contribution is 14.1. The number of rotatable bonds is 1. The second-order valence-corrected chi connectivity index (χ2v) is 8.44. The Morgan fingerprint density at radius 2 is 1.41 bits per heavy atom. The molecule has 0 N–H and O–H groups in total. The molecule has 0 aliphatic rings. The fourth-order valence-corrected chi connectivity index (χ4v) is 5.62. The average Bonchev–Trinajstić information content (AvgIpc) is 2.96. The Bertz CT molecular complexity index is 1340. The molecule has 0 aliphatic heterocycles. The SMILES string of the molecule is Cc1cc(C)c2c(c1)c1c(-c3ccccc3)c(I)c3ccccc3c1n2C. The third-order valence-corrected chi connectivity index (χ3v) is 6.69. The van der Waals surface area contributed by atoms with Gasteiger partial charge in [-0.25, -0.2) is 0 Å². The summed E-state index contributed by atoms with van der Waals surface area (Å²) in [6, 6.07) is 24.3. The first-order valence-electron chi connectivity index (χ1n) is 9.23. The molecule has 27 heavy (non-hydrogen) atoms. The standard InChI is InChI=1S/C25H20IN/c1-15-13-16(2)24-20(14-15)22-21(17-9-5-4-6-10-17)23(26)18-11-7-8-12-19(18)25(22)27(24)3/h4-14H,1-3H3. The molecular formula is C25H20IN. The van der Waals surface area contributed by atoms with Gasteiger partial charge in [-0.05, 0) is 59.0 Å². The van der Waals surface area contributed by atoms with E-state index in [4.69, 9.17) is 0 Å². The third kappa shape index (κ3) is 2.36. The molecule has 5 aromatic rings. The molecule has 0 radical (unpaired) electrons. The number of nitrogens with zero attached hydrogens (tertiary/aromatic N) is 1. The van der Waals surface area contributed by atoms with Crippen LogP contribution < -0.4 is 0 Å². The first-order chi connectivity index (χ1) is 13.1. The zero-order valence-electron chi connectivity index (χ0n) is 15.7. The Hall–Kier alpha value is -2.33. The van der Waals surface area contributed by atoms with E-state index in [1.54, 1.807) is 0 Å². The van der Waals surface area contributed by atoms with Crippen molar-refractivity contribution in [2.24, 2.45) is 7.05 Å². The van der Waals surface area contributed by atoms with E-state index in [1.165, 1.54) is 58.4 Å². The van der Waals surface area contributed by atoms with Crippen molar-refractivity contribution in [2.45, 2.75) is 13.8 Å². The topological polar surface area (TPSA) is 4.93 Å². The molecule has 0 amide bonds. The molecule has 0 unspecified atom stereocenters. The molecule has 0 fully saturated rings. The van der Waals surface area contributed by atoms with Crippen LogP contribution in [0.2, 0.25) is 0 Å². The first kappa shape index (κ1) is 16.8. The highest BCUT2D eigenvalue weighted by Crippen LogP contribution is 2.44. The van der Waals surface area contributed by atoms with Crippen LogP contribution in [0.5, 0.6) is 0 Å². The Balaban J connectivity index is 2.17. The van der Waals surface area contributed by atoms with Gasteiger partial charge in [-0.15, -0.1) is 0 Å². The zero-order valence-corrected chi connectivity index (χ0v) is 17.8. The molecule has 5 rings (SSSR count). The van der Waals surface area contributed by atoms with Gasteiger partial charge in [-0.2, -0.15) is 0 Å². The molecule has 0 aliphatic carbocycles. The van der Waals surface area contributed by atoms with Gasteiger partial charge in [0.25, 0.3) is 0 Å². The van der Waals surface area contributed by atoms with Crippen molar-refractivity contribution >= 4 is 55.2 Å². The van der Waals surface area contributed by atoms with E-state index in [0.29, 0.717) is 0 Å². The second kappa shape index (κ2) is 6.10. The lowest BCUT2D eigenvalue weighted by Crippen LogP contribution is -1.93. The summed E-state index contributed by atoms with van der Waals surface area (Å²) in [5, 5.41) is 5.37. The summed E-state index contributed by atoms with van der Waals surface area (Å²) in [4.78, 5) is 0. The normalized spacial score (nSPS) is 11.7. The maximum Gasteiger partial charge on any atom is 0.0575 e. The summed E-state index contributed by atoms with van der Waals surface area (Å²) in [5.41, 5.74) is 7.94. The van der Waals surface area contributed by atoms with Gasteiger partial charge >= 0.3 is 0 Å². The lowest BCUT2D eigenvalue weighted by Gasteiger charge is -2.13. The average molecular weight is 461 g/mol. The third-order valence-electron chi connectivity index (χ3n) is 5.57. The van der Waals surface area contributed by atoms with Gasteiger partial charge < -0.3 is 4.57 Å². The van der Waals surface area contributed by atoms with Crippen LogP contribution >= 0.6 is 22.6 Å². The van der Waals surface area contributed by atoms with Crippen molar-refractivity contribution in [1.82, 2.24) is 4.57 Å². The fraction of sp³-hybridized carbons (Fsp3) is 0.120. The summed E-state index contributed by atoms with van der Waals surface area (Å²) in [7, 11) is 2.21. The summed E-state index contributed by atoms with van der Waals surface area (Å²) in [6.45, 7) is 4.42. The zero-order chi connectivity index (χ0) is 18.7. The Labute approximate surface area is 172 Å². The molecule has 132 valence electrons. The van der Waals surface area contributed by atoms with Crippen molar-refractivity contribution in [3.05, 3.63) is 81.4 Å².